The zero-order chi connectivity index (χ0) is 9.90. The fourth-order valence-electron chi connectivity index (χ4n) is 1.61. The van der Waals surface area contributed by atoms with E-state index in [0.29, 0.717) is 11.3 Å². The van der Waals surface area contributed by atoms with Crippen LogP contribution >= 0.6 is 11.8 Å². The highest BCUT2D eigenvalue weighted by molar-refractivity contribution is 7.99. The molecule has 2 N–H and O–H groups in total. The lowest BCUT2D eigenvalue weighted by molar-refractivity contribution is 0.164. The van der Waals surface area contributed by atoms with Gasteiger partial charge in [0.1, 0.15) is 0 Å². The standard InChI is InChI=1S/C10H21NOS/c1-8(13-3)6-10(2,7-12)11-9-4-5-9/h8-9,11-12H,4-7H2,1-3H3. The number of thioether (sulfide) groups is 1. The van der Waals surface area contributed by atoms with Gasteiger partial charge in [-0.25, -0.2) is 0 Å². The van der Waals surface area contributed by atoms with Gasteiger partial charge in [0.05, 0.1) is 6.61 Å². The summed E-state index contributed by atoms with van der Waals surface area (Å²) in [7, 11) is 0. The summed E-state index contributed by atoms with van der Waals surface area (Å²) in [4.78, 5) is 0. The van der Waals surface area contributed by atoms with Gasteiger partial charge < -0.3 is 10.4 Å². The molecular formula is C10H21NOS. The lowest BCUT2D eigenvalue weighted by atomic mass is 9.97. The van der Waals surface area contributed by atoms with E-state index in [0.717, 1.165) is 6.42 Å². The zero-order valence-electron chi connectivity index (χ0n) is 8.84. The summed E-state index contributed by atoms with van der Waals surface area (Å²) in [5.41, 5.74) is -0.0659. The van der Waals surface area contributed by atoms with Gasteiger partial charge in [-0.15, -0.1) is 0 Å². The number of aliphatic hydroxyl groups is 1. The van der Waals surface area contributed by atoms with E-state index in [-0.39, 0.29) is 12.1 Å². The first-order valence-corrected chi connectivity index (χ1v) is 6.30. The topological polar surface area (TPSA) is 32.3 Å². The van der Waals surface area contributed by atoms with Crippen molar-refractivity contribution in [3.8, 4) is 0 Å². The summed E-state index contributed by atoms with van der Waals surface area (Å²) < 4.78 is 0. The van der Waals surface area contributed by atoms with Gasteiger partial charge in [-0.05, 0) is 32.4 Å². The van der Waals surface area contributed by atoms with Gasteiger partial charge >= 0.3 is 0 Å². The first kappa shape index (κ1) is 11.3. The number of hydrogen-bond donors (Lipinski definition) is 2. The Morgan fingerprint density at radius 2 is 2.23 bits per heavy atom. The normalized spacial score (nSPS) is 24.0. The van der Waals surface area contributed by atoms with Crippen molar-refractivity contribution in [2.75, 3.05) is 12.9 Å². The Hall–Kier alpha value is 0.270. The summed E-state index contributed by atoms with van der Waals surface area (Å²) in [6.07, 6.45) is 5.73. The molecule has 0 amide bonds. The third-order valence-electron chi connectivity index (χ3n) is 2.62. The molecule has 2 nitrogen and oxygen atoms in total. The molecule has 78 valence electrons. The maximum atomic E-state index is 9.33. The van der Waals surface area contributed by atoms with Crippen LogP contribution in [0.25, 0.3) is 0 Å². The van der Waals surface area contributed by atoms with Crippen molar-refractivity contribution in [1.29, 1.82) is 0 Å². The fraction of sp³-hybridized carbons (Fsp3) is 1.00. The molecule has 1 aliphatic rings. The average molecular weight is 203 g/mol. The van der Waals surface area contributed by atoms with Crippen LogP contribution in [0, 0.1) is 0 Å². The molecule has 0 aromatic rings. The summed E-state index contributed by atoms with van der Waals surface area (Å²) in [6, 6.07) is 0.672. The summed E-state index contributed by atoms with van der Waals surface area (Å²) >= 11 is 1.86. The van der Waals surface area contributed by atoms with Crippen LogP contribution in [0.15, 0.2) is 0 Å². The molecule has 0 aromatic carbocycles. The van der Waals surface area contributed by atoms with Crippen LogP contribution in [0.1, 0.15) is 33.1 Å². The molecule has 1 saturated carbocycles. The predicted octanol–water partition coefficient (Wildman–Crippen LogP) is 1.63. The van der Waals surface area contributed by atoms with Gasteiger partial charge in [0.15, 0.2) is 0 Å². The number of hydrogen-bond acceptors (Lipinski definition) is 3. The van der Waals surface area contributed by atoms with Crippen molar-refractivity contribution in [3.05, 3.63) is 0 Å². The first-order chi connectivity index (χ1) is 6.09. The number of nitrogens with one attached hydrogen (secondary N) is 1. The van der Waals surface area contributed by atoms with E-state index in [1.165, 1.54) is 12.8 Å². The number of aliphatic hydroxyl groups excluding tert-OH is 1. The lowest BCUT2D eigenvalue weighted by Gasteiger charge is -2.31. The van der Waals surface area contributed by atoms with E-state index in [1.54, 1.807) is 0 Å². The summed E-state index contributed by atoms with van der Waals surface area (Å²) in [6.45, 7) is 4.58. The van der Waals surface area contributed by atoms with Crippen molar-refractivity contribution in [2.45, 2.75) is 49.9 Å². The van der Waals surface area contributed by atoms with Gasteiger partial charge in [-0.3, -0.25) is 0 Å². The molecule has 2 unspecified atom stereocenters. The van der Waals surface area contributed by atoms with Crippen LogP contribution in [0.3, 0.4) is 0 Å². The minimum Gasteiger partial charge on any atom is -0.394 e. The van der Waals surface area contributed by atoms with E-state index in [2.05, 4.69) is 25.4 Å². The van der Waals surface area contributed by atoms with Crippen LogP contribution < -0.4 is 5.32 Å². The summed E-state index contributed by atoms with van der Waals surface area (Å²) in [5, 5.41) is 13.5. The monoisotopic (exact) mass is 203 g/mol. The van der Waals surface area contributed by atoms with Crippen molar-refractivity contribution in [3.63, 3.8) is 0 Å². The molecule has 0 spiro atoms. The van der Waals surface area contributed by atoms with Crippen LogP contribution in [-0.4, -0.2) is 34.8 Å². The highest BCUT2D eigenvalue weighted by Crippen LogP contribution is 2.26. The van der Waals surface area contributed by atoms with Gasteiger partial charge in [0.2, 0.25) is 0 Å². The van der Waals surface area contributed by atoms with Gasteiger partial charge in [-0.2, -0.15) is 11.8 Å². The molecule has 1 fully saturated rings. The van der Waals surface area contributed by atoms with E-state index < -0.39 is 0 Å². The quantitative estimate of drug-likeness (QED) is 0.688. The Balaban J connectivity index is 2.36. The van der Waals surface area contributed by atoms with Crippen LogP contribution in [0.2, 0.25) is 0 Å². The van der Waals surface area contributed by atoms with Crippen molar-refractivity contribution < 1.29 is 5.11 Å². The molecule has 0 saturated heterocycles. The SMILES string of the molecule is CSC(C)CC(C)(CO)NC1CC1. The predicted molar refractivity (Wildman–Crippen MR) is 59.2 cm³/mol. The van der Waals surface area contributed by atoms with Crippen molar-refractivity contribution in [2.24, 2.45) is 0 Å². The Kier molecular flexibility index (Phi) is 4.07. The minimum absolute atomic E-state index is 0.0659. The molecule has 0 radical (unpaired) electrons. The van der Waals surface area contributed by atoms with Gasteiger partial charge in [0.25, 0.3) is 0 Å². The molecular weight excluding hydrogens is 182 g/mol. The highest BCUT2D eigenvalue weighted by atomic mass is 32.2. The molecule has 3 heteroatoms. The minimum atomic E-state index is -0.0659. The number of rotatable bonds is 6. The lowest BCUT2D eigenvalue weighted by Crippen LogP contribution is -2.48. The second-order valence-electron chi connectivity index (χ2n) is 4.39. The van der Waals surface area contributed by atoms with E-state index >= 15 is 0 Å². The third kappa shape index (κ3) is 3.88. The maximum absolute atomic E-state index is 9.33. The maximum Gasteiger partial charge on any atom is 0.0611 e. The largest absolute Gasteiger partial charge is 0.394 e. The molecule has 0 heterocycles. The first-order valence-electron chi connectivity index (χ1n) is 5.01. The Morgan fingerprint density at radius 1 is 1.62 bits per heavy atom. The molecule has 0 bridgehead atoms. The fourth-order valence-corrected chi connectivity index (χ4v) is 2.14. The van der Waals surface area contributed by atoms with E-state index in [4.69, 9.17) is 0 Å². The average Bonchev–Trinajstić information content (AvgIpc) is 2.88. The van der Waals surface area contributed by atoms with Crippen LogP contribution in [0.4, 0.5) is 0 Å². The Bertz CT molecular complexity index is 161. The molecule has 2 atom stereocenters. The van der Waals surface area contributed by atoms with Gasteiger partial charge in [0, 0.05) is 16.8 Å². The van der Waals surface area contributed by atoms with Crippen molar-refractivity contribution >= 4 is 11.8 Å². The summed E-state index contributed by atoms with van der Waals surface area (Å²) in [5.74, 6) is 0. The Morgan fingerprint density at radius 3 is 2.62 bits per heavy atom. The van der Waals surface area contributed by atoms with Crippen LogP contribution in [0.5, 0.6) is 0 Å². The zero-order valence-corrected chi connectivity index (χ0v) is 9.66. The van der Waals surface area contributed by atoms with E-state index in [9.17, 15) is 5.11 Å². The Labute approximate surface area is 85.5 Å². The van der Waals surface area contributed by atoms with Crippen LogP contribution in [-0.2, 0) is 0 Å². The smallest absolute Gasteiger partial charge is 0.0611 e. The molecule has 1 aliphatic carbocycles. The van der Waals surface area contributed by atoms with Crippen molar-refractivity contribution in [1.82, 2.24) is 5.32 Å². The molecule has 1 rings (SSSR count). The van der Waals surface area contributed by atoms with E-state index in [1.807, 2.05) is 11.8 Å². The van der Waals surface area contributed by atoms with Gasteiger partial charge in [-0.1, -0.05) is 6.92 Å². The molecule has 0 aromatic heterocycles. The highest BCUT2D eigenvalue weighted by Gasteiger charge is 2.32. The second-order valence-corrected chi connectivity index (χ2v) is 5.66. The molecule has 0 aliphatic heterocycles. The third-order valence-corrected chi connectivity index (χ3v) is 3.59. The molecule has 13 heavy (non-hydrogen) atoms. The second kappa shape index (κ2) is 4.67.